The number of pyridine rings is 1. The van der Waals surface area contributed by atoms with Crippen molar-refractivity contribution in [1.29, 1.82) is 0 Å². The molecular weight excluding hydrogens is 214 g/mol. The summed E-state index contributed by atoms with van der Waals surface area (Å²) >= 11 is 0. The number of aromatic nitrogens is 1. The fourth-order valence-corrected chi connectivity index (χ4v) is 2.54. The molecule has 0 aromatic carbocycles. The van der Waals surface area contributed by atoms with Crippen molar-refractivity contribution in [2.24, 2.45) is 5.92 Å². The van der Waals surface area contributed by atoms with Crippen molar-refractivity contribution in [3.05, 3.63) is 33.2 Å². The van der Waals surface area contributed by atoms with Crippen LogP contribution in [0.1, 0.15) is 43.0 Å². The second-order valence-corrected chi connectivity index (χ2v) is 5.00. The molecule has 1 aromatic rings. The number of unbranched alkanes of at least 4 members (excludes halogenated alkanes) is 1. The zero-order valence-electron chi connectivity index (χ0n) is 10.5. The van der Waals surface area contributed by atoms with Gasteiger partial charge in [-0.25, -0.2) is 0 Å². The van der Waals surface area contributed by atoms with Crippen LogP contribution < -0.4 is 5.43 Å². The van der Waals surface area contributed by atoms with E-state index in [1.54, 1.807) is 0 Å². The Morgan fingerprint density at radius 2 is 2.35 bits per heavy atom. The van der Waals surface area contributed by atoms with Crippen LogP contribution in [-0.2, 0) is 19.3 Å². The lowest BCUT2D eigenvalue weighted by atomic mass is 9.86. The summed E-state index contributed by atoms with van der Waals surface area (Å²) in [5.41, 5.74) is 3.12. The topological polar surface area (TPSA) is 53.1 Å². The van der Waals surface area contributed by atoms with E-state index in [1.807, 2.05) is 6.20 Å². The number of hydrogen-bond acceptors (Lipinski definition) is 2. The Morgan fingerprint density at radius 1 is 1.53 bits per heavy atom. The molecule has 2 rings (SSSR count). The molecule has 1 unspecified atom stereocenters. The predicted octanol–water partition coefficient (Wildman–Crippen LogP) is 1.81. The first-order valence-corrected chi connectivity index (χ1v) is 6.59. The number of H-pyrrole nitrogens is 1. The lowest BCUT2D eigenvalue weighted by Crippen LogP contribution is -2.27. The van der Waals surface area contributed by atoms with Crippen LogP contribution in [0.25, 0.3) is 0 Å². The number of aryl methyl sites for hydroxylation is 2. The SMILES string of the molecule is CCCCc1c[nH]c2c(c1=O)CC(CO)CC2. The molecule has 3 heteroatoms. The molecule has 0 spiro atoms. The van der Waals surface area contributed by atoms with Gasteiger partial charge in [0.1, 0.15) is 0 Å². The fraction of sp³-hybridized carbons (Fsp3) is 0.643. The van der Waals surface area contributed by atoms with Gasteiger partial charge in [0.05, 0.1) is 0 Å². The minimum atomic E-state index is 0.193. The molecule has 1 aliphatic rings. The highest BCUT2D eigenvalue weighted by Crippen LogP contribution is 2.21. The van der Waals surface area contributed by atoms with E-state index in [0.717, 1.165) is 55.3 Å². The zero-order valence-corrected chi connectivity index (χ0v) is 10.5. The van der Waals surface area contributed by atoms with Gasteiger partial charge in [-0.3, -0.25) is 4.79 Å². The average molecular weight is 235 g/mol. The number of hydrogen-bond donors (Lipinski definition) is 2. The van der Waals surface area contributed by atoms with Gasteiger partial charge in [0.2, 0.25) is 0 Å². The van der Waals surface area contributed by atoms with Crippen LogP contribution in [0.4, 0.5) is 0 Å². The highest BCUT2D eigenvalue weighted by atomic mass is 16.3. The molecule has 0 radical (unpaired) electrons. The molecule has 1 aliphatic carbocycles. The third kappa shape index (κ3) is 2.60. The number of aliphatic hydroxyl groups excluding tert-OH is 1. The first kappa shape index (κ1) is 12.4. The van der Waals surface area contributed by atoms with Gasteiger partial charge in [0.25, 0.3) is 0 Å². The Bertz CT molecular complexity index is 436. The summed E-state index contributed by atoms with van der Waals surface area (Å²) in [5, 5.41) is 9.21. The molecule has 0 bridgehead atoms. The van der Waals surface area contributed by atoms with Gasteiger partial charge in [-0.05, 0) is 38.0 Å². The van der Waals surface area contributed by atoms with E-state index in [1.165, 1.54) is 0 Å². The zero-order chi connectivity index (χ0) is 12.3. The molecule has 3 nitrogen and oxygen atoms in total. The molecule has 0 amide bonds. The first-order valence-electron chi connectivity index (χ1n) is 6.59. The van der Waals surface area contributed by atoms with Gasteiger partial charge < -0.3 is 10.1 Å². The van der Waals surface area contributed by atoms with Gasteiger partial charge in [0, 0.05) is 29.6 Å². The van der Waals surface area contributed by atoms with Crippen LogP contribution in [0, 0.1) is 5.92 Å². The Kier molecular flexibility index (Phi) is 4.00. The maximum atomic E-state index is 12.3. The number of aliphatic hydroxyl groups is 1. The van der Waals surface area contributed by atoms with E-state index in [2.05, 4.69) is 11.9 Å². The summed E-state index contributed by atoms with van der Waals surface area (Å²) < 4.78 is 0. The van der Waals surface area contributed by atoms with Crippen molar-refractivity contribution < 1.29 is 5.11 Å². The van der Waals surface area contributed by atoms with Gasteiger partial charge in [0.15, 0.2) is 5.43 Å². The minimum Gasteiger partial charge on any atom is -0.396 e. The van der Waals surface area contributed by atoms with Gasteiger partial charge >= 0.3 is 0 Å². The van der Waals surface area contributed by atoms with Crippen molar-refractivity contribution in [1.82, 2.24) is 4.98 Å². The third-order valence-electron chi connectivity index (χ3n) is 3.70. The van der Waals surface area contributed by atoms with Crippen LogP contribution in [0.2, 0.25) is 0 Å². The van der Waals surface area contributed by atoms with Crippen LogP contribution in [0.3, 0.4) is 0 Å². The molecule has 1 aromatic heterocycles. The van der Waals surface area contributed by atoms with Crippen LogP contribution >= 0.6 is 0 Å². The van der Waals surface area contributed by atoms with E-state index >= 15 is 0 Å². The number of fused-ring (bicyclic) bond motifs is 1. The minimum absolute atomic E-state index is 0.193. The average Bonchev–Trinajstić information content (AvgIpc) is 2.38. The molecule has 0 aliphatic heterocycles. The summed E-state index contributed by atoms with van der Waals surface area (Å²) in [5.74, 6) is 0.269. The second kappa shape index (κ2) is 5.50. The van der Waals surface area contributed by atoms with E-state index in [-0.39, 0.29) is 18.0 Å². The smallest absolute Gasteiger partial charge is 0.188 e. The van der Waals surface area contributed by atoms with Crippen molar-refractivity contribution in [2.45, 2.75) is 45.4 Å². The maximum absolute atomic E-state index is 12.3. The molecule has 0 saturated carbocycles. The van der Waals surface area contributed by atoms with Crippen molar-refractivity contribution >= 4 is 0 Å². The summed E-state index contributed by atoms with van der Waals surface area (Å²) in [6, 6.07) is 0. The summed E-state index contributed by atoms with van der Waals surface area (Å²) in [7, 11) is 0. The fourth-order valence-electron chi connectivity index (χ4n) is 2.54. The molecule has 0 fully saturated rings. The predicted molar refractivity (Wildman–Crippen MR) is 68.3 cm³/mol. The number of rotatable bonds is 4. The first-order chi connectivity index (χ1) is 8.26. The van der Waals surface area contributed by atoms with Gasteiger partial charge in [-0.2, -0.15) is 0 Å². The number of nitrogens with one attached hydrogen (secondary N) is 1. The lowest BCUT2D eigenvalue weighted by Gasteiger charge is -2.22. The van der Waals surface area contributed by atoms with Gasteiger partial charge in [-0.1, -0.05) is 13.3 Å². The molecule has 17 heavy (non-hydrogen) atoms. The number of aromatic amines is 1. The highest BCUT2D eigenvalue weighted by molar-refractivity contribution is 5.28. The van der Waals surface area contributed by atoms with Crippen molar-refractivity contribution in [2.75, 3.05) is 6.61 Å². The van der Waals surface area contributed by atoms with E-state index in [9.17, 15) is 9.90 Å². The normalized spacial score (nSPS) is 19.1. The van der Waals surface area contributed by atoms with Crippen LogP contribution in [0.15, 0.2) is 11.0 Å². The molecule has 0 saturated heterocycles. The molecule has 2 N–H and O–H groups in total. The van der Waals surface area contributed by atoms with E-state index in [0.29, 0.717) is 0 Å². The standard InChI is InChI=1S/C14H21NO2/c1-2-3-4-11-8-15-13-6-5-10(9-16)7-12(13)14(11)17/h8,10,16H,2-7,9H2,1H3,(H,15,17). The maximum Gasteiger partial charge on any atom is 0.188 e. The third-order valence-corrected chi connectivity index (χ3v) is 3.70. The van der Waals surface area contributed by atoms with Crippen LogP contribution in [0.5, 0.6) is 0 Å². The Labute approximate surface area is 102 Å². The summed E-state index contributed by atoms with van der Waals surface area (Å²) in [6.07, 6.45) is 7.53. The Balaban J connectivity index is 2.27. The monoisotopic (exact) mass is 235 g/mol. The van der Waals surface area contributed by atoms with Crippen molar-refractivity contribution in [3.63, 3.8) is 0 Å². The Morgan fingerprint density at radius 3 is 3.06 bits per heavy atom. The quantitative estimate of drug-likeness (QED) is 0.836. The molecular formula is C14H21NO2. The molecule has 1 heterocycles. The highest BCUT2D eigenvalue weighted by Gasteiger charge is 2.21. The lowest BCUT2D eigenvalue weighted by molar-refractivity contribution is 0.212. The Hall–Kier alpha value is -1.09. The molecule has 94 valence electrons. The van der Waals surface area contributed by atoms with Crippen LogP contribution in [-0.4, -0.2) is 16.7 Å². The summed E-state index contributed by atoms with van der Waals surface area (Å²) in [4.78, 5) is 15.5. The molecule has 1 atom stereocenters. The largest absolute Gasteiger partial charge is 0.396 e. The van der Waals surface area contributed by atoms with Crippen molar-refractivity contribution in [3.8, 4) is 0 Å². The van der Waals surface area contributed by atoms with Gasteiger partial charge in [-0.15, -0.1) is 0 Å². The summed E-state index contributed by atoms with van der Waals surface area (Å²) in [6.45, 7) is 2.33. The van der Waals surface area contributed by atoms with E-state index < -0.39 is 0 Å². The van der Waals surface area contributed by atoms with E-state index in [4.69, 9.17) is 0 Å². The second-order valence-electron chi connectivity index (χ2n) is 5.00.